The molecule has 3 aliphatic rings. The zero-order valence-corrected chi connectivity index (χ0v) is 13.7. The summed E-state index contributed by atoms with van der Waals surface area (Å²) in [5.74, 6) is -8.95. The van der Waals surface area contributed by atoms with Crippen LogP contribution in [0.4, 0.5) is 13.2 Å². The molecular weight excluding hydrogens is 351 g/mol. The van der Waals surface area contributed by atoms with Gasteiger partial charge < -0.3 is 10.0 Å². The van der Waals surface area contributed by atoms with Gasteiger partial charge in [0.2, 0.25) is 0 Å². The van der Waals surface area contributed by atoms with Crippen LogP contribution in [0.2, 0.25) is 0 Å². The summed E-state index contributed by atoms with van der Waals surface area (Å²) >= 11 is 0. The highest BCUT2D eigenvalue weighted by atomic mass is 32.2. The van der Waals surface area contributed by atoms with Gasteiger partial charge in [-0.3, -0.25) is 4.79 Å². The summed E-state index contributed by atoms with van der Waals surface area (Å²) in [6.45, 7) is 0.310. The molecule has 0 aromatic heterocycles. The smallest absolute Gasteiger partial charge is 0.326 e. The Bertz CT molecular complexity index is 693. The average molecular weight is 369 g/mol. The van der Waals surface area contributed by atoms with Crippen molar-refractivity contribution in [2.75, 3.05) is 12.3 Å². The van der Waals surface area contributed by atoms with Gasteiger partial charge in [0.05, 0.1) is 16.9 Å². The fourth-order valence-electron chi connectivity index (χ4n) is 3.33. The van der Waals surface area contributed by atoms with Crippen molar-refractivity contribution in [2.24, 2.45) is 11.8 Å². The summed E-state index contributed by atoms with van der Waals surface area (Å²) in [5, 5.41) is 8.04. The Balaban J connectivity index is 1.82. The molecule has 24 heavy (non-hydrogen) atoms. The van der Waals surface area contributed by atoms with Crippen LogP contribution >= 0.6 is 0 Å². The lowest BCUT2D eigenvalue weighted by Gasteiger charge is -2.23. The summed E-state index contributed by atoms with van der Waals surface area (Å²) in [4.78, 5) is 24.0. The van der Waals surface area contributed by atoms with Gasteiger partial charge in [0.1, 0.15) is 6.04 Å². The molecule has 1 saturated heterocycles. The number of carbonyl (C=O) groups excluding carboxylic acids is 1. The molecule has 0 bridgehead atoms. The molecule has 1 heterocycles. The molecule has 3 rings (SSSR count). The van der Waals surface area contributed by atoms with Crippen LogP contribution < -0.4 is 0 Å². The predicted octanol–water partition coefficient (Wildman–Crippen LogP) is 0.859. The summed E-state index contributed by atoms with van der Waals surface area (Å²) in [6.07, 6.45) is 1.15. The Morgan fingerprint density at radius 3 is 2.21 bits per heavy atom. The molecule has 2 unspecified atom stereocenters. The van der Waals surface area contributed by atoms with Gasteiger partial charge in [-0.2, -0.15) is 0 Å². The zero-order chi connectivity index (χ0) is 18.1. The van der Waals surface area contributed by atoms with Crippen LogP contribution in [-0.2, 0) is 19.4 Å². The third kappa shape index (κ3) is 2.41. The molecule has 6 nitrogen and oxygen atoms in total. The van der Waals surface area contributed by atoms with Crippen molar-refractivity contribution in [2.45, 2.75) is 49.1 Å². The molecule has 0 aromatic rings. The maximum Gasteiger partial charge on any atom is 0.326 e. The number of halogens is 3. The molecule has 2 saturated carbocycles. The Hall–Kier alpha value is -1.32. The van der Waals surface area contributed by atoms with Gasteiger partial charge in [0.15, 0.2) is 9.84 Å². The fraction of sp³-hybridized carbons (Fsp3) is 0.857. The van der Waals surface area contributed by atoms with Crippen LogP contribution in [0.5, 0.6) is 0 Å². The highest BCUT2D eigenvalue weighted by molar-refractivity contribution is 7.92. The SMILES string of the molecule is CC1C(F)(F)C1(F)C(=O)N1C[C@H](S(=O)(=O)CC2CC2)C[C@H]1C(=O)O. The number of carbonyl (C=O) groups is 2. The minimum atomic E-state index is -3.86. The molecule has 0 spiro atoms. The van der Waals surface area contributed by atoms with E-state index in [0.717, 1.165) is 19.8 Å². The lowest BCUT2D eigenvalue weighted by atomic mass is 10.2. The average Bonchev–Trinajstić information content (AvgIpc) is 3.26. The summed E-state index contributed by atoms with van der Waals surface area (Å²) in [5.41, 5.74) is -3.45. The van der Waals surface area contributed by atoms with Crippen molar-refractivity contribution in [3.05, 3.63) is 0 Å². The second-order valence-corrected chi connectivity index (χ2v) is 9.32. The second-order valence-electron chi connectivity index (χ2n) is 7.00. The highest BCUT2D eigenvalue weighted by Gasteiger charge is 2.86. The van der Waals surface area contributed by atoms with E-state index in [9.17, 15) is 36.3 Å². The Labute approximate surface area is 136 Å². The monoisotopic (exact) mass is 369 g/mol. The standard InChI is InChI=1S/C14H18F3NO5S/c1-7-13(15,14(7,16)17)12(21)18-5-9(4-10(18)11(19)20)24(22,23)6-8-2-3-8/h7-10H,2-6H2,1H3,(H,19,20)/t7?,9-,10+,13?/m1/s1. The Morgan fingerprint density at radius 2 is 1.79 bits per heavy atom. The first-order valence-electron chi connectivity index (χ1n) is 7.75. The van der Waals surface area contributed by atoms with Gasteiger partial charge in [-0.25, -0.2) is 26.4 Å². The molecule has 4 atom stereocenters. The summed E-state index contributed by atoms with van der Waals surface area (Å²) < 4.78 is 65.8. The minimum Gasteiger partial charge on any atom is -0.480 e. The number of alkyl halides is 3. The van der Waals surface area contributed by atoms with Crippen molar-refractivity contribution in [1.82, 2.24) is 4.90 Å². The van der Waals surface area contributed by atoms with E-state index in [1.54, 1.807) is 0 Å². The molecular formula is C14H18F3NO5S. The maximum absolute atomic E-state index is 14.3. The van der Waals surface area contributed by atoms with E-state index < -0.39 is 63.5 Å². The normalized spacial score (nSPS) is 38.2. The molecule has 3 fully saturated rings. The van der Waals surface area contributed by atoms with E-state index in [1.807, 2.05) is 0 Å². The quantitative estimate of drug-likeness (QED) is 0.776. The van der Waals surface area contributed by atoms with Gasteiger partial charge >= 0.3 is 5.97 Å². The summed E-state index contributed by atoms with van der Waals surface area (Å²) in [6, 6.07) is -1.60. The van der Waals surface area contributed by atoms with Crippen LogP contribution in [0.15, 0.2) is 0 Å². The van der Waals surface area contributed by atoms with E-state index >= 15 is 0 Å². The van der Waals surface area contributed by atoms with Crippen molar-refractivity contribution < 1.29 is 36.3 Å². The minimum absolute atomic E-state index is 0.0309. The molecule has 1 amide bonds. The van der Waals surface area contributed by atoms with Crippen molar-refractivity contribution in [3.63, 3.8) is 0 Å². The van der Waals surface area contributed by atoms with Crippen LogP contribution in [0, 0.1) is 11.8 Å². The number of hydrogen-bond acceptors (Lipinski definition) is 4. The lowest BCUT2D eigenvalue weighted by molar-refractivity contribution is -0.153. The van der Waals surface area contributed by atoms with Crippen molar-refractivity contribution >= 4 is 21.7 Å². The van der Waals surface area contributed by atoms with Crippen molar-refractivity contribution in [1.29, 1.82) is 0 Å². The van der Waals surface area contributed by atoms with E-state index in [1.165, 1.54) is 0 Å². The first-order chi connectivity index (χ1) is 10.9. The number of carboxylic acids is 1. The van der Waals surface area contributed by atoms with Crippen LogP contribution in [0.1, 0.15) is 26.2 Å². The Kier molecular flexibility index (Phi) is 3.71. The number of rotatable bonds is 5. The van der Waals surface area contributed by atoms with Gasteiger partial charge in [0, 0.05) is 6.54 Å². The lowest BCUT2D eigenvalue weighted by Crippen LogP contribution is -2.47. The van der Waals surface area contributed by atoms with Gasteiger partial charge in [0.25, 0.3) is 17.5 Å². The predicted molar refractivity (Wildman–Crippen MR) is 76.0 cm³/mol. The van der Waals surface area contributed by atoms with Gasteiger partial charge in [-0.1, -0.05) is 6.92 Å². The highest BCUT2D eigenvalue weighted by Crippen LogP contribution is 2.62. The number of aliphatic carboxylic acids is 1. The molecule has 1 aliphatic heterocycles. The number of nitrogens with zero attached hydrogens (tertiary/aromatic N) is 1. The number of carboxylic acid groups (broad SMARTS) is 1. The molecule has 10 heteroatoms. The fourth-order valence-corrected chi connectivity index (χ4v) is 5.46. The van der Waals surface area contributed by atoms with Gasteiger partial charge in [-0.15, -0.1) is 0 Å². The van der Waals surface area contributed by atoms with E-state index in [-0.39, 0.29) is 11.7 Å². The van der Waals surface area contributed by atoms with Crippen LogP contribution in [0.3, 0.4) is 0 Å². The van der Waals surface area contributed by atoms with E-state index in [4.69, 9.17) is 0 Å². The van der Waals surface area contributed by atoms with Gasteiger partial charge in [-0.05, 0) is 25.2 Å². The molecule has 2 aliphatic carbocycles. The first-order valence-corrected chi connectivity index (χ1v) is 9.46. The molecule has 136 valence electrons. The number of sulfone groups is 1. The molecule has 0 aromatic carbocycles. The molecule has 1 N–H and O–H groups in total. The Morgan fingerprint density at radius 1 is 1.25 bits per heavy atom. The molecule has 0 radical (unpaired) electrons. The van der Waals surface area contributed by atoms with E-state index in [0.29, 0.717) is 4.90 Å². The third-order valence-corrected chi connectivity index (χ3v) is 7.63. The number of amides is 1. The zero-order valence-electron chi connectivity index (χ0n) is 12.9. The first kappa shape index (κ1) is 17.5. The van der Waals surface area contributed by atoms with E-state index in [2.05, 4.69) is 0 Å². The summed E-state index contributed by atoms with van der Waals surface area (Å²) in [7, 11) is -3.66. The third-order valence-electron chi connectivity index (χ3n) is 5.33. The number of likely N-dealkylation sites (tertiary alicyclic amines) is 1. The van der Waals surface area contributed by atoms with Crippen LogP contribution in [-0.4, -0.2) is 65.5 Å². The van der Waals surface area contributed by atoms with Crippen LogP contribution in [0.25, 0.3) is 0 Å². The number of hydrogen-bond donors (Lipinski definition) is 1. The second kappa shape index (κ2) is 5.09. The van der Waals surface area contributed by atoms with Crippen molar-refractivity contribution in [3.8, 4) is 0 Å². The topological polar surface area (TPSA) is 91.8 Å². The maximum atomic E-state index is 14.3. The largest absolute Gasteiger partial charge is 0.480 e.